The lowest BCUT2D eigenvalue weighted by atomic mass is 9.89. The lowest BCUT2D eigenvalue weighted by Gasteiger charge is -2.17. The maximum absolute atomic E-state index is 12.7. The summed E-state index contributed by atoms with van der Waals surface area (Å²) in [6.45, 7) is 2.24. The Kier molecular flexibility index (Phi) is 4.39. The Morgan fingerprint density at radius 3 is 2.92 bits per heavy atom. The van der Waals surface area contributed by atoms with Gasteiger partial charge < -0.3 is 4.98 Å². The number of rotatable bonds is 2. The van der Waals surface area contributed by atoms with Crippen LogP contribution in [0, 0.1) is 17.2 Å². The SMILES string of the molecule is CC1CCc2c(sc3nc(/C(C#N)=C\c4ccc(Cl)cc4)[nH]c(=O)c23)C1. The highest BCUT2D eigenvalue weighted by Crippen LogP contribution is 2.35. The van der Waals surface area contributed by atoms with Crippen LogP contribution < -0.4 is 5.56 Å². The highest BCUT2D eigenvalue weighted by molar-refractivity contribution is 7.18. The third-order valence-electron chi connectivity index (χ3n) is 4.72. The van der Waals surface area contributed by atoms with Crippen LogP contribution in [0.2, 0.25) is 5.02 Å². The summed E-state index contributed by atoms with van der Waals surface area (Å²) in [4.78, 5) is 22.1. The number of H-pyrrole nitrogens is 1. The highest BCUT2D eigenvalue weighted by atomic mass is 35.5. The molecule has 0 radical (unpaired) electrons. The lowest BCUT2D eigenvalue weighted by molar-refractivity contribution is 0.509. The molecule has 2 aromatic heterocycles. The molecule has 0 amide bonds. The molecule has 26 heavy (non-hydrogen) atoms. The van der Waals surface area contributed by atoms with Crippen molar-refractivity contribution in [2.75, 3.05) is 0 Å². The molecule has 1 unspecified atom stereocenters. The summed E-state index contributed by atoms with van der Waals surface area (Å²) in [6.07, 6.45) is 4.72. The van der Waals surface area contributed by atoms with Crippen molar-refractivity contribution in [1.29, 1.82) is 5.26 Å². The Balaban J connectivity index is 1.83. The molecule has 1 aromatic carbocycles. The van der Waals surface area contributed by atoms with E-state index < -0.39 is 0 Å². The second kappa shape index (κ2) is 6.71. The van der Waals surface area contributed by atoms with Crippen LogP contribution in [0.3, 0.4) is 0 Å². The molecule has 0 saturated carbocycles. The molecule has 1 aliphatic carbocycles. The molecule has 0 bridgehead atoms. The standard InChI is InChI=1S/C20H16ClN3OS/c1-11-2-7-15-16(8-11)26-20-17(15)19(25)23-18(24-20)13(10-22)9-12-3-5-14(21)6-4-12/h3-6,9,11H,2,7-8H2,1H3,(H,23,24,25)/b13-9-. The fourth-order valence-corrected chi connectivity index (χ4v) is 4.87. The van der Waals surface area contributed by atoms with Gasteiger partial charge in [-0.05, 0) is 54.5 Å². The number of thiophene rings is 1. The van der Waals surface area contributed by atoms with Crippen LogP contribution in [-0.4, -0.2) is 9.97 Å². The maximum atomic E-state index is 12.7. The van der Waals surface area contributed by atoms with Crippen molar-refractivity contribution in [2.45, 2.75) is 26.2 Å². The number of aromatic nitrogens is 2. The van der Waals surface area contributed by atoms with Crippen molar-refractivity contribution in [1.82, 2.24) is 9.97 Å². The number of hydrogen-bond acceptors (Lipinski definition) is 4. The third kappa shape index (κ3) is 3.07. The average molecular weight is 382 g/mol. The smallest absolute Gasteiger partial charge is 0.260 e. The van der Waals surface area contributed by atoms with Crippen molar-refractivity contribution < 1.29 is 0 Å². The summed E-state index contributed by atoms with van der Waals surface area (Å²) in [7, 11) is 0. The summed E-state index contributed by atoms with van der Waals surface area (Å²) >= 11 is 7.48. The summed E-state index contributed by atoms with van der Waals surface area (Å²) in [6, 6.07) is 9.30. The lowest BCUT2D eigenvalue weighted by Crippen LogP contribution is -2.14. The van der Waals surface area contributed by atoms with Crippen LogP contribution in [0.5, 0.6) is 0 Å². The van der Waals surface area contributed by atoms with Gasteiger partial charge in [-0.3, -0.25) is 4.79 Å². The normalized spacial score (nSPS) is 17.1. The Morgan fingerprint density at radius 1 is 1.42 bits per heavy atom. The average Bonchev–Trinajstić information content (AvgIpc) is 2.98. The molecule has 0 saturated heterocycles. The summed E-state index contributed by atoms with van der Waals surface area (Å²) in [5.41, 5.74) is 2.14. The summed E-state index contributed by atoms with van der Waals surface area (Å²) < 4.78 is 0. The van der Waals surface area contributed by atoms with E-state index in [2.05, 4.69) is 23.0 Å². The largest absolute Gasteiger partial charge is 0.305 e. The second-order valence-electron chi connectivity index (χ2n) is 6.67. The first-order valence-corrected chi connectivity index (χ1v) is 9.67. The van der Waals surface area contributed by atoms with E-state index in [4.69, 9.17) is 11.6 Å². The van der Waals surface area contributed by atoms with Gasteiger partial charge in [0, 0.05) is 9.90 Å². The summed E-state index contributed by atoms with van der Waals surface area (Å²) in [5.74, 6) is 0.945. The first-order chi connectivity index (χ1) is 12.5. The van der Waals surface area contributed by atoms with E-state index >= 15 is 0 Å². The molecular formula is C20H16ClN3OS. The van der Waals surface area contributed by atoms with Gasteiger partial charge in [-0.2, -0.15) is 5.26 Å². The Morgan fingerprint density at radius 2 is 2.19 bits per heavy atom. The number of aromatic amines is 1. The quantitative estimate of drug-likeness (QED) is 0.646. The first kappa shape index (κ1) is 17.0. The number of fused-ring (bicyclic) bond motifs is 3. The fourth-order valence-electron chi connectivity index (χ4n) is 3.36. The van der Waals surface area contributed by atoms with Gasteiger partial charge in [-0.1, -0.05) is 30.7 Å². The number of hydrogen-bond donors (Lipinski definition) is 1. The van der Waals surface area contributed by atoms with Crippen LogP contribution >= 0.6 is 22.9 Å². The second-order valence-corrected chi connectivity index (χ2v) is 8.19. The zero-order chi connectivity index (χ0) is 18.3. The number of nitrogens with one attached hydrogen (secondary N) is 1. The van der Waals surface area contributed by atoms with Crippen molar-refractivity contribution in [2.24, 2.45) is 5.92 Å². The molecular weight excluding hydrogens is 366 g/mol. The van der Waals surface area contributed by atoms with Crippen LogP contribution in [-0.2, 0) is 12.8 Å². The molecule has 130 valence electrons. The van der Waals surface area contributed by atoms with Gasteiger partial charge in [0.25, 0.3) is 5.56 Å². The Hall–Kier alpha value is -2.42. The van der Waals surface area contributed by atoms with Gasteiger partial charge in [0.15, 0.2) is 5.82 Å². The Labute approximate surface area is 159 Å². The monoisotopic (exact) mass is 381 g/mol. The van der Waals surface area contributed by atoms with Gasteiger partial charge >= 0.3 is 0 Å². The van der Waals surface area contributed by atoms with E-state index in [1.807, 2.05) is 12.1 Å². The van der Waals surface area contributed by atoms with E-state index in [1.165, 1.54) is 4.88 Å². The number of allylic oxidation sites excluding steroid dienone is 1. The fraction of sp³-hybridized carbons (Fsp3) is 0.250. The molecule has 6 heteroatoms. The van der Waals surface area contributed by atoms with Crippen molar-refractivity contribution in [3.05, 3.63) is 61.5 Å². The van der Waals surface area contributed by atoms with Crippen LogP contribution in [0.4, 0.5) is 0 Å². The summed E-state index contributed by atoms with van der Waals surface area (Å²) in [5, 5.41) is 10.9. The zero-order valence-corrected chi connectivity index (χ0v) is 15.7. The van der Waals surface area contributed by atoms with E-state index in [1.54, 1.807) is 29.5 Å². The molecule has 3 aromatic rings. The number of benzene rings is 1. The van der Waals surface area contributed by atoms with Crippen molar-refractivity contribution in [3.63, 3.8) is 0 Å². The zero-order valence-electron chi connectivity index (χ0n) is 14.2. The minimum atomic E-state index is -0.158. The van der Waals surface area contributed by atoms with Gasteiger partial charge in [-0.15, -0.1) is 11.3 Å². The van der Waals surface area contributed by atoms with E-state index in [0.29, 0.717) is 27.7 Å². The number of nitriles is 1. The van der Waals surface area contributed by atoms with E-state index in [0.717, 1.165) is 35.2 Å². The molecule has 1 aliphatic rings. The molecule has 1 atom stereocenters. The number of aryl methyl sites for hydroxylation is 1. The molecule has 1 N–H and O–H groups in total. The maximum Gasteiger partial charge on any atom is 0.260 e. The number of nitrogens with zero attached hydrogens (tertiary/aromatic N) is 2. The Bertz CT molecular complexity index is 1120. The molecule has 0 spiro atoms. The van der Waals surface area contributed by atoms with Crippen molar-refractivity contribution >= 4 is 44.8 Å². The molecule has 0 fully saturated rings. The molecule has 0 aliphatic heterocycles. The minimum absolute atomic E-state index is 0.158. The highest BCUT2D eigenvalue weighted by Gasteiger charge is 2.23. The van der Waals surface area contributed by atoms with Gasteiger partial charge in [-0.25, -0.2) is 4.98 Å². The minimum Gasteiger partial charge on any atom is -0.305 e. The van der Waals surface area contributed by atoms with Crippen molar-refractivity contribution in [3.8, 4) is 6.07 Å². The van der Waals surface area contributed by atoms with Gasteiger partial charge in [0.1, 0.15) is 10.9 Å². The van der Waals surface area contributed by atoms with Gasteiger partial charge in [0.05, 0.1) is 11.0 Å². The van der Waals surface area contributed by atoms with Crippen LogP contribution in [0.15, 0.2) is 29.1 Å². The van der Waals surface area contributed by atoms with Gasteiger partial charge in [0.2, 0.25) is 0 Å². The molecule has 4 rings (SSSR count). The van der Waals surface area contributed by atoms with Crippen LogP contribution in [0.1, 0.15) is 35.2 Å². The molecule has 2 heterocycles. The van der Waals surface area contributed by atoms with E-state index in [-0.39, 0.29) is 5.56 Å². The van der Waals surface area contributed by atoms with Crippen LogP contribution in [0.25, 0.3) is 21.9 Å². The predicted octanol–water partition coefficient (Wildman–Crippen LogP) is 4.83. The van der Waals surface area contributed by atoms with E-state index in [9.17, 15) is 10.1 Å². The third-order valence-corrected chi connectivity index (χ3v) is 6.12. The molecule has 4 nitrogen and oxygen atoms in total. The number of halogens is 1. The first-order valence-electron chi connectivity index (χ1n) is 8.47. The topological polar surface area (TPSA) is 69.5 Å². The predicted molar refractivity (Wildman–Crippen MR) is 106 cm³/mol.